The van der Waals surface area contributed by atoms with E-state index in [1.165, 1.54) is 18.2 Å². The summed E-state index contributed by atoms with van der Waals surface area (Å²) in [6, 6.07) is 11.6. The zero-order valence-electron chi connectivity index (χ0n) is 12.5. The maximum atomic E-state index is 12.7. The second kappa shape index (κ2) is 7.49. The van der Waals surface area contributed by atoms with Gasteiger partial charge < -0.3 is 5.32 Å². The number of nitrogens with zero attached hydrogens (tertiary/aromatic N) is 1. The highest BCUT2D eigenvalue weighted by Crippen LogP contribution is 2.30. The van der Waals surface area contributed by atoms with Crippen LogP contribution in [-0.2, 0) is 11.0 Å². The van der Waals surface area contributed by atoms with E-state index in [9.17, 15) is 22.8 Å². The molecule has 0 bridgehead atoms. The number of ketones is 1. The van der Waals surface area contributed by atoms with Crippen molar-refractivity contribution in [3.05, 3.63) is 64.1 Å². The van der Waals surface area contributed by atoms with Crippen LogP contribution in [0.2, 0.25) is 0 Å². The van der Waals surface area contributed by atoms with Gasteiger partial charge in [-0.05, 0) is 30.3 Å². The molecule has 0 aromatic heterocycles. The summed E-state index contributed by atoms with van der Waals surface area (Å²) in [5, 5.41) is 11.3. The molecule has 0 saturated heterocycles. The Labute approximate surface area is 149 Å². The van der Waals surface area contributed by atoms with Crippen LogP contribution >= 0.6 is 15.9 Å². The van der Waals surface area contributed by atoms with Crippen LogP contribution in [-0.4, -0.2) is 11.7 Å². The van der Waals surface area contributed by atoms with Crippen LogP contribution in [0.25, 0.3) is 0 Å². The van der Waals surface area contributed by atoms with Gasteiger partial charge in [0.2, 0.25) is 5.91 Å². The Morgan fingerprint density at radius 1 is 1.12 bits per heavy atom. The van der Waals surface area contributed by atoms with Gasteiger partial charge in [-0.2, -0.15) is 18.4 Å². The Bertz CT molecular complexity index is 842. The second-order valence-corrected chi connectivity index (χ2v) is 5.92. The summed E-state index contributed by atoms with van der Waals surface area (Å²) < 4.78 is 38.8. The van der Waals surface area contributed by atoms with E-state index in [1.54, 1.807) is 18.2 Å². The Kier molecular flexibility index (Phi) is 5.59. The molecule has 0 aliphatic heterocycles. The lowest BCUT2D eigenvalue weighted by Crippen LogP contribution is -2.28. The van der Waals surface area contributed by atoms with Crippen LogP contribution in [0.5, 0.6) is 0 Å². The number of hydrogen-bond donors (Lipinski definition) is 1. The fourth-order valence-electron chi connectivity index (χ4n) is 2.00. The molecular weight excluding hydrogens is 401 g/mol. The summed E-state index contributed by atoms with van der Waals surface area (Å²) in [7, 11) is 0. The highest BCUT2D eigenvalue weighted by atomic mass is 79.9. The zero-order chi connectivity index (χ0) is 18.6. The van der Waals surface area contributed by atoms with Crippen molar-refractivity contribution in [2.75, 3.05) is 5.32 Å². The molecule has 2 aromatic carbocycles. The van der Waals surface area contributed by atoms with E-state index in [1.807, 2.05) is 0 Å². The van der Waals surface area contributed by atoms with Crippen LogP contribution in [0, 0.1) is 17.2 Å². The van der Waals surface area contributed by atoms with E-state index >= 15 is 0 Å². The van der Waals surface area contributed by atoms with E-state index in [2.05, 4.69) is 21.2 Å². The molecule has 2 aromatic rings. The van der Waals surface area contributed by atoms with Crippen molar-refractivity contribution in [2.45, 2.75) is 6.18 Å². The zero-order valence-corrected chi connectivity index (χ0v) is 14.1. The van der Waals surface area contributed by atoms with Crippen LogP contribution < -0.4 is 5.32 Å². The van der Waals surface area contributed by atoms with Gasteiger partial charge in [0, 0.05) is 15.7 Å². The summed E-state index contributed by atoms with van der Waals surface area (Å²) in [6.45, 7) is 0. The Hall–Kier alpha value is -2.66. The predicted octanol–water partition coefficient (Wildman–Crippen LogP) is 4.43. The predicted molar refractivity (Wildman–Crippen MR) is 87.6 cm³/mol. The number of carbonyl (C=O) groups is 2. The minimum atomic E-state index is -4.57. The summed E-state index contributed by atoms with van der Waals surface area (Å²) in [5.74, 6) is -3.40. The van der Waals surface area contributed by atoms with Crippen LogP contribution in [0.15, 0.2) is 53.0 Å². The lowest BCUT2D eigenvalue weighted by atomic mass is 9.98. The van der Waals surface area contributed by atoms with Gasteiger partial charge in [0.1, 0.15) is 0 Å². The van der Waals surface area contributed by atoms with Gasteiger partial charge in [0.25, 0.3) is 0 Å². The number of Topliss-reactive ketones (excluding diaryl/α,β-unsaturated/α-hetero) is 1. The molecule has 1 N–H and O–H groups in total. The maximum absolute atomic E-state index is 12.7. The first kappa shape index (κ1) is 18.7. The number of alkyl halides is 3. The SMILES string of the molecule is N#CC(C(=O)Nc1cccc(C(F)(F)F)c1)C(=O)c1ccc(Br)cc1. The largest absolute Gasteiger partial charge is 0.416 e. The first-order valence-electron chi connectivity index (χ1n) is 6.90. The average Bonchev–Trinajstić information content (AvgIpc) is 2.55. The lowest BCUT2D eigenvalue weighted by molar-refractivity contribution is -0.137. The van der Waals surface area contributed by atoms with Crippen molar-refractivity contribution < 1.29 is 22.8 Å². The monoisotopic (exact) mass is 410 g/mol. The molecular formula is C17H10BrF3N2O2. The summed E-state index contributed by atoms with van der Waals surface area (Å²) in [5.41, 5.74) is -0.948. The minimum Gasteiger partial charge on any atom is -0.325 e. The molecule has 0 radical (unpaired) electrons. The van der Waals surface area contributed by atoms with Crippen LogP contribution in [0.4, 0.5) is 18.9 Å². The first-order chi connectivity index (χ1) is 11.7. The Morgan fingerprint density at radius 3 is 2.32 bits per heavy atom. The Morgan fingerprint density at radius 2 is 1.76 bits per heavy atom. The summed E-state index contributed by atoms with van der Waals surface area (Å²) in [6.07, 6.45) is -4.57. The molecule has 1 atom stereocenters. The van der Waals surface area contributed by atoms with Gasteiger partial charge in [-0.25, -0.2) is 0 Å². The number of rotatable bonds is 4. The van der Waals surface area contributed by atoms with Crippen molar-refractivity contribution in [1.29, 1.82) is 5.26 Å². The van der Waals surface area contributed by atoms with E-state index < -0.39 is 29.3 Å². The molecule has 1 unspecified atom stereocenters. The Balaban J connectivity index is 2.19. The number of anilines is 1. The third-order valence-electron chi connectivity index (χ3n) is 3.24. The van der Waals surface area contributed by atoms with Crippen molar-refractivity contribution >= 4 is 33.3 Å². The number of amides is 1. The van der Waals surface area contributed by atoms with Crippen molar-refractivity contribution in [1.82, 2.24) is 0 Å². The molecule has 1 amide bonds. The highest BCUT2D eigenvalue weighted by Gasteiger charge is 2.31. The van der Waals surface area contributed by atoms with Crippen molar-refractivity contribution in [3.63, 3.8) is 0 Å². The molecule has 128 valence electrons. The standard InChI is InChI=1S/C17H10BrF3N2O2/c18-12-6-4-10(5-7-12)15(24)14(9-22)16(25)23-13-3-1-2-11(8-13)17(19,20)21/h1-8,14H,(H,23,25). The molecule has 0 saturated carbocycles. The van der Waals surface area contributed by atoms with Crippen LogP contribution in [0.1, 0.15) is 15.9 Å². The second-order valence-electron chi connectivity index (χ2n) is 5.00. The molecule has 25 heavy (non-hydrogen) atoms. The van der Waals surface area contributed by atoms with Gasteiger partial charge in [0.05, 0.1) is 11.6 Å². The smallest absolute Gasteiger partial charge is 0.325 e. The summed E-state index contributed by atoms with van der Waals surface area (Å²) in [4.78, 5) is 24.4. The number of nitriles is 1. The summed E-state index contributed by atoms with van der Waals surface area (Å²) >= 11 is 3.20. The topological polar surface area (TPSA) is 70.0 Å². The quantitative estimate of drug-likeness (QED) is 0.598. The van der Waals surface area contributed by atoms with Gasteiger partial charge >= 0.3 is 6.18 Å². The highest BCUT2D eigenvalue weighted by molar-refractivity contribution is 9.10. The van der Waals surface area contributed by atoms with E-state index in [-0.39, 0.29) is 11.3 Å². The van der Waals surface area contributed by atoms with E-state index in [0.717, 1.165) is 18.2 Å². The molecule has 0 heterocycles. The van der Waals surface area contributed by atoms with Crippen molar-refractivity contribution in [2.24, 2.45) is 5.92 Å². The van der Waals surface area contributed by atoms with Gasteiger partial charge in [-0.15, -0.1) is 0 Å². The molecule has 0 fully saturated rings. The van der Waals surface area contributed by atoms with Gasteiger partial charge in [-0.3, -0.25) is 9.59 Å². The third kappa shape index (κ3) is 4.67. The first-order valence-corrected chi connectivity index (χ1v) is 7.69. The lowest BCUT2D eigenvalue weighted by Gasteiger charge is -2.12. The molecule has 0 aliphatic rings. The van der Waals surface area contributed by atoms with Gasteiger partial charge in [0.15, 0.2) is 11.7 Å². The minimum absolute atomic E-state index is 0.147. The molecule has 4 nitrogen and oxygen atoms in total. The fraction of sp³-hybridized carbons (Fsp3) is 0.118. The average molecular weight is 411 g/mol. The van der Waals surface area contributed by atoms with Crippen LogP contribution in [0.3, 0.4) is 0 Å². The molecule has 8 heteroatoms. The third-order valence-corrected chi connectivity index (χ3v) is 3.77. The van der Waals surface area contributed by atoms with Crippen molar-refractivity contribution in [3.8, 4) is 6.07 Å². The number of hydrogen-bond acceptors (Lipinski definition) is 3. The molecule has 0 aliphatic carbocycles. The number of nitrogens with one attached hydrogen (secondary N) is 1. The number of benzene rings is 2. The normalized spacial score (nSPS) is 12.1. The van der Waals surface area contributed by atoms with E-state index in [0.29, 0.717) is 4.47 Å². The maximum Gasteiger partial charge on any atom is 0.416 e. The fourth-order valence-corrected chi connectivity index (χ4v) is 2.27. The number of halogens is 4. The molecule has 0 spiro atoms. The van der Waals surface area contributed by atoms with Gasteiger partial charge in [-0.1, -0.05) is 34.1 Å². The molecule has 2 rings (SSSR count). The number of carbonyl (C=O) groups excluding carboxylic acids is 2. The van der Waals surface area contributed by atoms with E-state index in [4.69, 9.17) is 5.26 Å².